The maximum atomic E-state index is 13.2. The number of anilines is 1. The Hall–Kier alpha value is -2.87. The van der Waals surface area contributed by atoms with Gasteiger partial charge in [0.05, 0.1) is 19.3 Å². The normalized spacial score (nSPS) is 11.1. The highest BCUT2D eigenvalue weighted by Crippen LogP contribution is 2.26. The lowest BCUT2D eigenvalue weighted by atomic mass is 10.1. The number of hydrogen-bond acceptors (Lipinski definition) is 6. The summed E-state index contributed by atoms with van der Waals surface area (Å²) in [5.41, 5.74) is 10.1. The molecule has 0 unspecified atom stereocenters. The number of fused-ring (bicyclic) bond motifs is 1. The molecule has 0 atom stereocenters. The second kappa shape index (κ2) is 8.24. The molecule has 0 aliphatic rings. The van der Waals surface area contributed by atoms with Gasteiger partial charge in [0.25, 0.3) is 0 Å². The molecule has 3 aromatic heterocycles. The molecule has 0 spiro atoms. The van der Waals surface area contributed by atoms with Gasteiger partial charge in [-0.3, -0.25) is 14.1 Å². The predicted octanol–water partition coefficient (Wildman–Crippen LogP) is 3.25. The molecule has 3 rings (SSSR count). The molecule has 3 aromatic rings. The van der Waals surface area contributed by atoms with E-state index in [9.17, 15) is 4.79 Å². The monoisotopic (exact) mass is 416 g/mol. The van der Waals surface area contributed by atoms with E-state index < -0.39 is 0 Å². The van der Waals surface area contributed by atoms with Crippen LogP contribution in [0, 0.1) is 13.8 Å². The van der Waals surface area contributed by atoms with Gasteiger partial charge in [-0.1, -0.05) is 23.3 Å². The van der Waals surface area contributed by atoms with Crippen LogP contribution in [0.1, 0.15) is 37.1 Å². The molecular weight excluding hydrogens is 392 g/mol. The van der Waals surface area contributed by atoms with E-state index in [-0.39, 0.29) is 23.3 Å². The van der Waals surface area contributed by atoms with Gasteiger partial charge in [-0.2, -0.15) is 9.97 Å². The summed E-state index contributed by atoms with van der Waals surface area (Å²) < 4.78 is 8.61. The van der Waals surface area contributed by atoms with E-state index in [1.54, 1.807) is 17.9 Å². The molecule has 0 saturated carbocycles. The van der Waals surface area contributed by atoms with Gasteiger partial charge in [0, 0.05) is 23.9 Å². The minimum absolute atomic E-state index is 0.0175. The van der Waals surface area contributed by atoms with Crippen molar-refractivity contribution in [2.75, 3.05) is 12.8 Å². The van der Waals surface area contributed by atoms with Gasteiger partial charge in [0.15, 0.2) is 10.8 Å². The number of aromatic nitrogens is 5. The van der Waals surface area contributed by atoms with E-state index in [1.165, 1.54) is 10.1 Å². The summed E-state index contributed by atoms with van der Waals surface area (Å²) in [5, 5.41) is 0.159. The zero-order valence-corrected chi connectivity index (χ0v) is 18.0. The molecule has 0 aliphatic heterocycles. The van der Waals surface area contributed by atoms with Crippen LogP contribution in [0.2, 0.25) is 5.15 Å². The smallest absolute Gasteiger partial charge is 0.330 e. The van der Waals surface area contributed by atoms with Crippen molar-refractivity contribution >= 4 is 28.7 Å². The lowest BCUT2D eigenvalue weighted by Gasteiger charge is -2.12. The largest absolute Gasteiger partial charge is 0.496 e. The molecule has 0 radical (unpaired) electrons. The van der Waals surface area contributed by atoms with Gasteiger partial charge in [0.1, 0.15) is 11.3 Å². The molecule has 8 nitrogen and oxygen atoms in total. The summed E-state index contributed by atoms with van der Waals surface area (Å²) in [5.74, 6) is 0.770. The highest BCUT2D eigenvalue weighted by molar-refractivity contribution is 6.33. The van der Waals surface area contributed by atoms with Crippen molar-refractivity contribution in [1.82, 2.24) is 24.1 Å². The Morgan fingerprint density at radius 1 is 1.28 bits per heavy atom. The zero-order valence-electron chi connectivity index (χ0n) is 17.3. The minimum Gasteiger partial charge on any atom is -0.496 e. The number of imidazole rings is 1. The van der Waals surface area contributed by atoms with E-state index in [1.807, 2.05) is 27.7 Å². The lowest BCUT2D eigenvalue weighted by molar-refractivity contribution is 0.406. The fourth-order valence-electron chi connectivity index (χ4n) is 3.40. The standard InChI is InChI=1S/C20H25ClN6O2/c1-11(2)7-6-8-26-15-17(21)24-19(22)25-18(15)27(20(26)28)10-14-13(4)16(29-5)12(3)9-23-14/h7,9H,6,8,10H2,1-5H3,(H2,22,24,25). The summed E-state index contributed by atoms with van der Waals surface area (Å²) in [7, 11) is 1.62. The van der Waals surface area contributed by atoms with Crippen molar-refractivity contribution in [3.8, 4) is 5.75 Å². The Kier molecular flexibility index (Phi) is 5.93. The quantitative estimate of drug-likeness (QED) is 0.489. The molecule has 0 amide bonds. The highest BCUT2D eigenvalue weighted by Gasteiger charge is 2.20. The van der Waals surface area contributed by atoms with E-state index in [0.29, 0.717) is 29.8 Å². The Bertz CT molecular complexity index is 1160. The Balaban J connectivity index is 2.17. The molecule has 0 aromatic carbocycles. The van der Waals surface area contributed by atoms with Gasteiger partial charge in [-0.25, -0.2) is 4.79 Å². The second-order valence-corrected chi connectivity index (χ2v) is 7.54. The number of rotatable bonds is 6. The minimum atomic E-state index is -0.232. The van der Waals surface area contributed by atoms with Gasteiger partial charge in [0.2, 0.25) is 5.95 Å². The third-order valence-corrected chi connectivity index (χ3v) is 5.05. The summed E-state index contributed by atoms with van der Waals surface area (Å²) in [6.07, 6.45) is 4.49. The first kappa shape index (κ1) is 20.9. The van der Waals surface area contributed by atoms with Crippen LogP contribution < -0.4 is 16.2 Å². The third-order valence-electron chi connectivity index (χ3n) is 4.79. The van der Waals surface area contributed by atoms with E-state index in [2.05, 4.69) is 21.0 Å². The van der Waals surface area contributed by atoms with Gasteiger partial charge in [-0.15, -0.1) is 0 Å². The van der Waals surface area contributed by atoms with Crippen LogP contribution in [-0.2, 0) is 13.1 Å². The lowest BCUT2D eigenvalue weighted by Crippen LogP contribution is -2.25. The highest BCUT2D eigenvalue weighted by atomic mass is 35.5. The summed E-state index contributed by atoms with van der Waals surface area (Å²) in [4.78, 5) is 26.1. The number of pyridine rings is 1. The third kappa shape index (κ3) is 3.98. The van der Waals surface area contributed by atoms with E-state index >= 15 is 0 Å². The number of ether oxygens (including phenoxy) is 1. The average Bonchev–Trinajstić information content (AvgIpc) is 2.90. The second-order valence-electron chi connectivity index (χ2n) is 7.18. The molecule has 0 fully saturated rings. The zero-order chi connectivity index (χ0) is 21.3. The van der Waals surface area contributed by atoms with Crippen LogP contribution in [-0.4, -0.2) is 31.2 Å². The van der Waals surface area contributed by atoms with Crippen molar-refractivity contribution < 1.29 is 4.74 Å². The van der Waals surface area contributed by atoms with Crippen molar-refractivity contribution in [3.63, 3.8) is 0 Å². The SMILES string of the molecule is COc1c(C)cnc(Cn2c(=O)n(CCC=C(C)C)c3c(Cl)nc(N)nc32)c1C. The summed E-state index contributed by atoms with van der Waals surface area (Å²) >= 11 is 6.34. The van der Waals surface area contributed by atoms with Crippen LogP contribution in [0.4, 0.5) is 5.95 Å². The van der Waals surface area contributed by atoms with E-state index in [0.717, 1.165) is 16.9 Å². The Labute approximate surface area is 174 Å². The fourth-order valence-corrected chi connectivity index (χ4v) is 3.67. The molecule has 0 bridgehead atoms. The molecule has 9 heteroatoms. The van der Waals surface area contributed by atoms with Crippen LogP contribution in [0.3, 0.4) is 0 Å². The van der Waals surface area contributed by atoms with Crippen LogP contribution in [0.5, 0.6) is 5.75 Å². The van der Waals surface area contributed by atoms with Gasteiger partial charge < -0.3 is 10.5 Å². The Morgan fingerprint density at radius 2 is 2.00 bits per heavy atom. The summed E-state index contributed by atoms with van der Waals surface area (Å²) in [6, 6.07) is 0. The number of methoxy groups -OCH3 is 1. The van der Waals surface area contributed by atoms with Crippen molar-refractivity contribution in [3.05, 3.63) is 50.3 Å². The van der Waals surface area contributed by atoms with Crippen molar-refractivity contribution in [2.24, 2.45) is 0 Å². The molecule has 0 aliphatic carbocycles. The van der Waals surface area contributed by atoms with Gasteiger partial charge in [-0.05, 0) is 34.1 Å². The number of allylic oxidation sites excluding steroid dienone is 2. The first-order chi connectivity index (χ1) is 13.7. The van der Waals surface area contributed by atoms with Crippen LogP contribution in [0.15, 0.2) is 22.6 Å². The number of hydrogen-bond donors (Lipinski definition) is 1. The van der Waals surface area contributed by atoms with Crippen molar-refractivity contribution in [2.45, 2.75) is 47.2 Å². The van der Waals surface area contributed by atoms with Crippen molar-refractivity contribution in [1.29, 1.82) is 0 Å². The van der Waals surface area contributed by atoms with Gasteiger partial charge >= 0.3 is 5.69 Å². The first-order valence-corrected chi connectivity index (χ1v) is 9.66. The molecule has 0 saturated heterocycles. The first-order valence-electron chi connectivity index (χ1n) is 9.29. The molecular formula is C20H25ClN6O2. The summed E-state index contributed by atoms with van der Waals surface area (Å²) in [6.45, 7) is 8.57. The fraction of sp³-hybridized carbons (Fsp3) is 0.400. The Morgan fingerprint density at radius 3 is 2.66 bits per heavy atom. The van der Waals surface area contributed by atoms with Crippen LogP contribution in [0.25, 0.3) is 11.2 Å². The molecule has 3 heterocycles. The number of aryl methyl sites for hydroxylation is 2. The molecule has 2 N–H and O–H groups in total. The maximum Gasteiger partial charge on any atom is 0.330 e. The predicted molar refractivity (Wildman–Crippen MR) is 115 cm³/mol. The topological polar surface area (TPSA) is 101 Å². The van der Waals surface area contributed by atoms with Crippen LogP contribution >= 0.6 is 11.6 Å². The molecule has 29 heavy (non-hydrogen) atoms. The number of nitrogens with zero attached hydrogens (tertiary/aromatic N) is 5. The van der Waals surface area contributed by atoms with E-state index in [4.69, 9.17) is 22.1 Å². The number of halogens is 1. The molecule has 154 valence electrons. The number of nitrogen functional groups attached to an aromatic ring is 1. The number of nitrogens with two attached hydrogens (primary N) is 1. The maximum absolute atomic E-state index is 13.2. The average molecular weight is 417 g/mol.